The van der Waals surface area contributed by atoms with Crippen molar-refractivity contribution in [2.45, 2.75) is 186 Å². The van der Waals surface area contributed by atoms with Crippen molar-refractivity contribution in [1.29, 1.82) is 0 Å². The molecule has 127 heavy (non-hydrogen) atoms. The normalized spacial score (nSPS) is 20.6. The van der Waals surface area contributed by atoms with E-state index in [1.54, 1.807) is 6.92 Å². The minimum Gasteiger partial charge on any atom is -0.493 e. The third-order valence-electron chi connectivity index (χ3n) is 21.4. The number of methoxy groups -OCH3 is 3. The molecule has 0 spiro atoms. The lowest BCUT2D eigenvalue weighted by molar-refractivity contribution is -0.282. The Hall–Kier alpha value is -13.9. The Bertz CT molecular complexity index is 5390. The molecule has 6 heterocycles. The van der Waals surface area contributed by atoms with Crippen LogP contribution >= 0.6 is 0 Å². The van der Waals surface area contributed by atoms with Crippen LogP contribution in [0.15, 0.2) is 83.7 Å². The van der Waals surface area contributed by atoms with Crippen LogP contribution in [0.2, 0.25) is 0 Å². The molecule has 2 aromatic heterocycles. The van der Waals surface area contributed by atoms with Gasteiger partial charge in [-0.15, -0.1) is 0 Å². The zero-order valence-corrected chi connectivity index (χ0v) is 71.0. The summed E-state index contributed by atoms with van der Waals surface area (Å²) in [5, 5.41) is 10.4. The number of alkyl carbamates (subject to hydrolysis) is 1. The van der Waals surface area contributed by atoms with Gasteiger partial charge < -0.3 is 111 Å². The Morgan fingerprint density at radius 2 is 1.22 bits per heavy atom. The van der Waals surface area contributed by atoms with Gasteiger partial charge in [-0.05, 0) is 77.8 Å². The Kier molecular flexibility index (Phi) is 29.8. The summed E-state index contributed by atoms with van der Waals surface area (Å²) < 4.78 is 120. The number of benzene rings is 4. The van der Waals surface area contributed by atoms with Crippen LogP contribution in [-0.4, -0.2) is 238 Å². The van der Waals surface area contributed by atoms with Gasteiger partial charge in [0.15, 0.2) is 60.5 Å². The molecule has 6 aromatic rings. The fraction of sp³-hybridized carbons (Fsp3) is 0.447. The molecule has 0 saturated carbocycles. The second-order valence-electron chi connectivity index (χ2n) is 29.9. The summed E-state index contributed by atoms with van der Waals surface area (Å²) in [7, 11) is 5.72. The van der Waals surface area contributed by atoms with Gasteiger partial charge in [-0.25, -0.2) is 38.1 Å². The molecule has 4 aliphatic heterocycles. The number of cyclic esters (lactones) is 1. The van der Waals surface area contributed by atoms with Gasteiger partial charge in [-0.3, -0.25) is 47.9 Å². The third-order valence-corrected chi connectivity index (χ3v) is 21.4. The maximum Gasteiger partial charge on any atom is 0.411 e. The van der Waals surface area contributed by atoms with Crippen molar-refractivity contribution in [2.75, 3.05) is 67.0 Å². The van der Waals surface area contributed by atoms with Crippen LogP contribution in [0, 0.1) is 18.6 Å². The minimum absolute atomic E-state index is 0.00729. The second-order valence-corrected chi connectivity index (χ2v) is 29.9. The number of nitrogens with zero attached hydrogens (tertiary/aromatic N) is 4. The number of carbonyl (C=O) groups excluding carboxylic acids is 15. The van der Waals surface area contributed by atoms with E-state index in [0.29, 0.717) is 11.1 Å². The molecule has 0 radical (unpaired) electrons. The van der Waals surface area contributed by atoms with Gasteiger partial charge >= 0.3 is 72.0 Å². The molecule has 2 fully saturated rings. The number of nitrogens with one attached hydrogen (secondary N) is 4. The first kappa shape index (κ1) is 93.8. The highest BCUT2D eigenvalue weighted by Gasteiger charge is 2.58. The lowest BCUT2D eigenvalue weighted by Gasteiger charge is -2.43. The van der Waals surface area contributed by atoms with E-state index in [1.165, 1.54) is 57.0 Å². The lowest BCUT2D eigenvalue weighted by atomic mass is 9.85. The average Bonchev–Trinajstić information content (AvgIpc) is 1.63. The monoisotopic (exact) mass is 1770 g/mol. The Labute approximate surface area is 722 Å². The number of pyridine rings is 2. The standard InChI is InChI=1S/C85H92F2N8O32/c1-14-85(54-33-59-65-51(35-95(59)77(105)53(54)38-115-81(85)108)39(2)63-58(90-65)34-55(86)64(87)66(63)112-11)127-84(111)94(10)31-30-93(9)83(110)117-36-46-26-27-60(124-80-74(123-45(8)101)70(121-43(6)99)69(120-42(5)98)73(126-80)79(107)114-13)57(32-46)89-62(103)28-29-88-75(104)56(91-82(109)116-37-52-49-22-17-15-20-47(49)48-21-16-18-23-50(48)52)24-19-25-61(102)92-76-71(122-44(7)100)67(118-40(3)96)68(119-41(4)97)72(125-76)78(106)113-12/h15-18,20-23,26-27,32-34,52,56,67-74,76,80H,14,19,24-25,28-31,35-38H2,1-13H3,(H,88,104)(H,89,103)(H,91,109)(H,92,102)/t56-,67-,68-,69-,70-,71+,72-,73-,74+,76+,80+,85-/m0/s1. The highest BCUT2D eigenvalue weighted by atomic mass is 19.2. The van der Waals surface area contributed by atoms with Crippen molar-refractivity contribution < 1.29 is 156 Å². The van der Waals surface area contributed by atoms with Gasteiger partial charge in [-0.2, -0.15) is 4.39 Å². The van der Waals surface area contributed by atoms with E-state index in [1.807, 2.05) is 48.5 Å². The summed E-state index contributed by atoms with van der Waals surface area (Å²) in [5.74, 6) is -15.7. The molecule has 4 aromatic carbocycles. The van der Waals surface area contributed by atoms with Gasteiger partial charge in [0.2, 0.25) is 41.5 Å². The van der Waals surface area contributed by atoms with E-state index < -0.39 is 218 Å². The zero-order valence-electron chi connectivity index (χ0n) is 71.0. The summed E-state index contributed by atoms with van der Waals surface area (Å²) in [6.07, 6.45) is -23.6. The number of ether oxygens (including phenoxy) is 16. The van der Waals surface area contributed by atoms with Crippen molar-refractivity contribution in [3.05, 3.63) is 140 Å². The number of anilines is 1. The van der Waals surface area contributed by atoms with Crippen molar-refractivity contribution >= 4 is 106 Å². The van der Waals surface area contributed by atoms with E-state index in [-0.39, 0.29) is 102 Å². The minimum atomic E-state index is -2.21. The van der Waals surface area contributed by atoms with Gasteiger partial charge in [0.05, 0.1) is 56.0 Å². The molecule has 12 atom stereocenters. The van der Waals surface area contributed by atoms with Crippen LogP contribution < -0.4 is 36.3 Å². The number of fused-ring (bicyclic) bond motifs is 8. The summed E-state index contributed by atoms with van der Waals surface area (Å²) in [4.78, 5) is 222. The first-order chi connectivity index (χ1) is 60.4. The van der Waals surface area contributed by atoms with Gasteiger partial charge in [0, 0.05) is 117 Å². The first-order valence-corrected chi connectivity index (χ1v) is 39.8. The molecule has 11 rings (SSSR count). The molecule has 40 nitrogen and oxygen atoms in total. The second kappa shape index (κ2) is 40.4. The largest absolute Gasteiger partial charge is 0.493 e. The van der Waals surface area contributed by atoms with Crippen molar-refractivity contribution in [3.8, 4) is 34.0 Å². The number of hydrogen-bond acceptors (Lipinski definition) is 33. The van der Waals surface area contributed by atoms with Crippen LogP contribution in [0.5, 0.6) is 11.5 Å². The van der Waals surface area contributed by atoms with E-state index >= 15 is 4.39 Å². The van der Waals surface area contributed by atoms with Crippen molar-refractivity contribution in [2.24, 2.45) is 0 Å². The molecule has 6 amide bonds. The number of aryl methyl sites for hydroxylation is 1. The summed E-state index contributed by atoms with van der Waals surface area (Å²) in [6, 6.07) is 19.6. The SMILES string of the molecule is CC[C@@]1(OC(=O)N(C)CCN(C)C(=O)OCc2ccc(O[C@@H]3O[C@H](C(=O)OC)[C@@H](OC(C)=O)[C@H](OC(C)=O)[C@H]3OC(C)=O)c(NC(=O)CCNC(=O)[C@H](CCCC(=O)N[C@@H]3O[C@H](C(=O)OC)[C@@H](OC(C)=O)[C@H](OC(C)=O)[C@H]3OC(C)=O)NC(=O)OCC3c4ccccc4-c4ccccc43)c2)C(=O)OCc2c1cc1n(c2=O)Cc2c-1nc1cc(F)c(F)c(OC)c1c2C. The van der Waals surface area contributed by atoms with Crippen LogP contribution in [0.1, 0.15) is 125 Å². The molecule has 0 unspecified atom stereocenters. The van der Waals surface area contributed by atoms with Crippen LogP contribution in [0.3, 0.4) is 0 Å². The number of rotatable bonds is 31. The number of aromatic nitrogens is 2. The zero-order chi connectivity index (χ0) is 92.3. The predicted octanol–water partition coefficient (Wildman–Crippen LogP) is 5.42. The fourth-order valence-electron chi connectivity index (χ4n) is 15.5. The number of carbonyl (C=O) groups is 15. The Morgan fingerprint density at radius 3 is 1.81 bits per heavy atom. The summed E-state index contributed by atoms with van der Waals surface area (Å²) in [6.45, 7) is 6.57. The van der Waals surface area contributed by atoms with Gasteiger partial charge in [0.1, 0.15) is 31.6 Å². The quantitative estimate of drug-likeness (QED) is 0.0311. The number of likely N-dealkylation sites (N-methyl/N-ethyl adjacent to an activating group) is 2. The molecule has 2 saturated heterocycles. The summed E-state index contributed by atoms with van der Waals surface area (Å²) >= 11 is 0. The maximum absolute atomic E-state index is 15.0. The number of hydrogen-bond donors (Lipinski definition) is 4. The van der Waals surface area contributed by atoms with Crippen LogP contribution in [0.4, 0.5) is 28.9 Å². The topological polar surface area (TPSA) is 493 Å². The average molecular weight is 1780 g/mol. The van der Waals surface area contributed by atoms with Crippen LogP contribution in [0.25, 0.3) is 33.4 Å². The van der Waals surface area contributed by atoms with E-state index in [0.717, 1.165) is 93.9 Å². The number of amides is 6. The Morgan fingerprint density at radius 1 is 0.654 bits per heavy atom. The molecule has 678 valence electrons. The van der Waals surface area contributed by atoms with Gasteiger partial charge in [0.25, 0.3) is 5.56 Å². The molecule has 4 N–H and O–H groups in total. The molecule has 5 aliphatic rings. The first-order valence-electron chi connectivity index (χ1n) is 39.8. The fourth-order valence-corrected chi connectivity index (χ4v) is 15.5. The third kappa shape index (κ3) is 20.9. The summed E-state index contributed by atoms with van der Waals surface area (Å²) in [5.41, 5.74) is 1.83. The van der Waals surface area contributed by atoms with Crippen molar-refractivity contribution in [1.82, 2.24) is 35.3 Å². The molecule has 42 heteroatoms. The number of halogens is 2. The molecular formula is C85H92F2N8O32. The molecule has 1 aliphatic carbocycles. The molecular weight excluding hydrogens is 1680 g/mol. The van der Waals surface area contributed by atoms with Crippen molar-refractivity contribution in [3.63, 3.8) is 0 Å². The highest BCUT2D eigenvalue weighted by Crippen LogP contribution is 2.47. The van der Waals surface area contributed by atoms with E-state index in [2.05, 4.69) is 26.3 Å². The van der Waals surface area contributed by atoms with Crippen LogP contribution in [-0.2, 0) is 149 Å². The van der Waals surface area contributed by atoms with Gasteiger partial charge in [-0.1, -0.05) is 61.5 Å². The number of esters is 9. The van der Waals surface area contributed by atoms with E-state index in [4.69, 9.17) is 75.8 Å². The predicted molar refractivity (Wildman–Crippen MR) is 427 cm³/mol. The smallest absolute Gasteiger partial charge is 0.411 e. The Balaban J connectivity index is 0.803. The lowest BCUT2D eigenvalue weighted by Crippen LogP contribution is -2.67. The molecule has 0 bridgehead atoms. The highest BCUT2D eigenvalue weighted by molar-refractivity contribution is 5.95. The van der Waals surface area contributed by atoms with E-state index in [9.17, 15) is 81.1 Å². The maximum atomic E-state index is 15.0.